The summed E-state index contributed by atoms with van der Waals surface area (Å²) in [7, 11) is -1.35. The first-order valence-electron chi connectivity index (χ1n) is 10.9. The molecule has 0 saturated carbocycles. The van der Waals surface area contributed by atoms with Crippen molar-refractivity contribution < 1.29 is 36.3 Å². The van der Waals surface area contributed by atoms with Crippen LogP contribution in [0.4, 0.5) is 13.2 Å². The van der Waals surface area contributed by atoms with Crippen LogP contribution in [0.2, 0.25) is 0 Å². The Balaban J connectivity index is 0.000000479. The van der Waals surface area contributed by atoms with Gasteiger partial charge in [0.05, 0.1) is 17.9 Å². The summed E-state index contributed by atoms with van der Waals surface area (Å²) in [6.07, 6.45) is -1.36. The van der Waals surface area contributed by atoms with Crippen LogP contribution < -0.4 is 5.32 Å². The maximum absolute atomic E-state index is 12.6. The van der Waals surface area contributed by atoms with Gasteiger partial charge in [0.25, 0.3) is 5.91 Å². The topological polar surface area (TPSA) is 137 Å². The van der Waals surface area contributed by atoms with Crippen molar-refractivity contribution in [3.8, 4) is 0 Å². The molecule has 0 bridgehead atoms. The smallest absolute Gasteiger partial charge is 0.475 e. The van der Waals surface area contributed by atoms with Gasteiger partial charge in [-0.3, -0.25) is 14.1 Å². The van der Waals surface area contributed by atoms with E-state index in [1.165, 1.54) is 15.4 Å². The number of thiophene rings is 1. The maximum Gasteiger partial charge on any atom is 0.490 e. The van der Waals surface area contributed by atoms with Crippen molar-refractivity contribution in [2.24, 2.45) is 0 Å². The van der Waals surface area contributed by atoms with E-state index in [9.17, 15) is 26.4 Å². The summed E-state index contributed by atoms with van der Waals surface area (Å²) >= 11 is 1.67. The Morgan fingerprint density at radius 1 is 1.22 bits per heavy atom. The van der Waals surface area contributed by atoms with Crippen LogP contribution in [0.15, 0.2) is 35.8 Å². The average Bonchev–Trinajstić information content (AvgIpc) is 3.48. The number of hydrogen-bond acceptors (Lipinski definition) is 8. The molecule has 0 aliphatic carbocycles. The van der Waals surface area contributed by atoms with Gasteiger partial charge in [-0.05, 0) is 37.0 Å². The van der Waals surface area contributed by atoms with Crippen molar-refractivity contribution >= 4 is 38.9 Å². The summed E-state index contributed by atoms with van der Waals surface area (Å²) in [5, 5.41) is 20.6. The molecule has 11 nitrogen and oxygen atoms in total. The summed E-state index contributed by atoms with van der Waals surface area (Å²) in [5.41, 5.74) is 1.12. The molecule has 1 aliphatic rings. The number of carboxylic acid groups (broad SMARTS) is 1. The largest absolute Gasteiger partial charge is 0.490 e. The van der Waals surface area contributed by atoms with Crippen LogP contribution in [0.5, 0.6) is 0 Å². The van der Waals surface area contributed by atoms with E-state index >= 15 is 0 Å². The summed E-state index contributed by atoms with van der Waals surface area (Å²) in [4.78, 5) is 24.8. The quantitative estimate of drug-likeness (QED) is 0.463. The number of nitrogens with zero attached hydrogens (tertiary/aromatic N) is 5. The van der Waals surface area contributed by atoms with Crippen molar-refractivity contribution in [3.63, 3.8) is 0 Å². The molecule has 1 saturated heterocycles. The third-order valence-electron chi connectivity index (χ3n) is 5.55. The fourth-order valence-electron chi connectivity index (χ4n) is 3.55. The van der Waals surface area contributed by atoms with E-state index in [1.54, 1.807) is 34.1 Å². The highest BCUT2D eigenvalue weighted by Gasteiger charge is 2.38. The van der Waals surface area contributed by atoms with Crippen molar-refractivity contribution in [1.82, 2.24) is 29.1 Å². The lowest BCUT2D eigenvalue weighted by Crippen LogP contribution is -2.49. The number of aliphatic carboxylic acids is 1. The van der Waals surface area contributed by atoms with E-state index in [-0.39, 0.29) is 11.9 Å². The van der Waals surface area contributed by atoms with E-state index in [4.69, 9.17) is 9.90 Å². The third-order valence-corrected chi connectivity index (χ3v) is 7.75. The first kappa shape index (κ1) is 28.5. The van der Waals surface area contributed by atoms with Crippen LogP contribution in [-0.2, 0) is 21.2 Å². The number of halogens is 3. The lowest BCUT2D eigenvalue weighted by atomic mass is 10.2. The van der Waals surface area contributed by atoms with Gasteiger partial charge in [-0.25, -0.2) is 13.2 Å². The number of carboxylic acids is 1. The number of carbonyl (C=O) groups excluding carboxylic acids is 1. The van der Waals surface area contributed by atoms with E-state index in [0.717, 1.165) is 6.42 Å². The minimum Gasteiger partial charge on any atom is -0.475 e. The molecular formula is C21H25F3N6O5S2. The Bertz CT molecular complexity index is 1340. The maximum atomic E-state index is 12.6. The molecule has 1 amide bonds. The number of nitrogens with one attached hydrogen (secondary N) is 1. The molecule has 0 radical (unpaired) electrons. The normalized spacial score (nSPS) is 17.3. The highest BCUT2D eigenvalue weighted by Crippen LogP contribution is 2.25. The first-order valence-corrected chi connectivity index (χ1v) is 13.6. The van der Waals surface area contributed by atoms with Gasteiger partial charge in [-0.2, -0.15) is 17.5 Å². The highest BCUT2D eigenvalue weighted by atomic mass is 32.2. The van der Waals surface area contributed by atoms with Gasteiger partial charge in [0.15, 0.2) is 11.5 Å². The molecule has 4 rings (SSSR count). The molecule has 37 heavy (non-hydrogen) atoms. The molecule has 202 valence electrons. The number of rotatable bonds is 6. The number of pyridine rings is 1. The van der Waals surface area contributed by atoms with Crippen LogP contribution in [0.3, 0.4) is 0 Å². The monoisotopic (exact) mass is 562 g/mol. The van der Waals surface area contributed by atoms with Crippen molar-refractivity contribution in [1.29, 1.82) is 0 Å². The van der Waals surface area contributed by atoms with E-state index in [2.05, 4.69) is 20.4 Å². The van der Waals surface area contributed by atoms with Crippen LogP contribution in [0.1, 0.15) is 27.1 Å². The molecule has 3 aromatic heterocycles. The molecule has 1 atom stereocenters. The van der Waals surface area contributed by atoms with Crippen molar-refractivity contribution in [3.05, 3.63) is 52.1 Å². The fraction of sp³-hybridized carbons (Fsp3) is 0.429. The van der Waals surface area contributed by atoms with Crippen molar-refractivity contribution in [2.75, 3.05) is 39.5 Å². The van der Waals surface area contributed by atoms with Gasteiger partial charge in [-0.15, -0.1) is 21.5 Å². The standard InChI is InChI=1S/C19H24N6O3S2.C2HF3O2/c1-23-9-10-24(30(2,27)28)13-16(23)18-22-21-17-6-5-14(12-25(17)18)19(26)20-8-7-15-4-3-11-29-15;3-2(4,5)1(6)7/h3-6,11-12,16H,7-10,13H2,1-2H3,(H,20,26);(H,6,7). The molecule has 1 fully saturated rings. The second-order valence-electron chi connectivity index (χ2n) is 8.21. The number of piperazine rings is 1. The Hall–Kier alpha value is -3.08. The van der Waals surface area contributed by atoms with Gasteiger partial charge in [0, 0.05) is 37.3 Å². The Morgan fingerprint density at radius 2 is 1.92 bits per heavy atom. The second kappa shape index (κ2) is 11.5. The lowest BCUT2D eigenvalue weighted by molar-refractivity contribution is -0.192. The number of hydrogen-bond donors (Lipinski definition) is 2. The molecule has 0 spiro atoms. The third kappa shape index (κ3) is 7.47. The van der Waals surface area contributed by atoms with Gasteiger partial charge >= 0.3 is 12.1 Å². The molecule has 16 heteroatoms. The predicted molar refractivity (Wildman–Crippen MR) is 129 cm³/mol. The lowest BCUT2D eigenvalue weighted by Gasteiger charge is -2.37. The number of sulfonamides is 1. The van der Waals surface area contributed by atoms with E-state index < -0.39 is 22.2 Å². The van der Waals surface area contributed by atoms with Crippen LogP contribution in [0, 0.1) is 0 Å². The molecule has 4 heterocycles. The molecule has 2 N–H and O–H groups in total. The van der Waals surface area contributed by atoms with Gasteiger partial charge < -0.3 is 10.4 Å². The number of fused-ring (bicyclic) bond motifs is 1. The van der Waals surface area contributed by atoms with Crippen LogP contribution in [0.25, 0.3) is 5.65 Å². The van der Waals surface area contributed by atoms with E-state index in [1.807, 2.05) is 24.6 Å². The van der Waals surface area contributed by atoms with Crippen LogP contribution >= 0.6 is 11.3 Å². The summed E-state index contributed by atoms with van der Waals surface area (Å²) in [6.45, 7) is 1.89. The minimum absolute atomic E-state index is 0.164. The molecule has 1 unspecified atom stereocenters. The fourth-order valence-corrected chi connectivity index (χ4v) is 5.09. The molecule has 1 aliphatic heterocycles. The number of likely N-dealkylation sites (N-methyl/N-ethyl adjacent to an activating group) is 1. The SMILES string of the molecule is CN1CCN(S(C)(=O)=O)CC1c1nnc2ccc(C(=O)NCCc3cccs3)cn12.O=C(O)C(F)(F)F. The number of aromatic nitrogens is 3. The minimum atomic E-state index is -5.08. The van der Waals surface area contributed by atoms with Gasteiger partial charge in [-0.1, -0.05) is 6.07 Å². The van der Waals surface area contributed by atoms with Gasteiger partial charge in [0.2, 0.25) is 10.0 Å². The van der Waals surface area contributed by atoms with E-state index in [0.29, 0.717) is 43.2 Å². The number of carbonyl (C=O) groups is 2. The molecular weight excluding hydrogens is 537 g/mol. The Kier molecular flexibility index (Phi) is 8.88. The average molecular weight is 563 g/mol. The number of amides is 1. The Morgan fingerprint density at radius 3 is 2.51 bits per heavy atom. The highest BCUT2D eigenvalue weighted by molar-refractivity contribution is 7.88. The molecule has 0 aromatic carbocycles. The second-order valence-corrected chi connectivity index (χ2v) is 11.2. The van der Waals surface area contributed by atoms with Crippen LogP contribution in [-0.4, -0.2) is 94.9 Å². The first-order chi connectivity index (χ1) is 17.3. The van der Waals surface area contributed by atoms with Gasteiger partial charge in [0.1, 0.15) is 0 Å². The van der Waals surface area contributed by atoms with Crippen molar-refractivity contribution in [2.45, 2.75) is 18.6 Å². The summed E-state index contributed by atoms with van der Waals surface area (Å²) < 4.78 is 59.0. The summed E-state index contributed by atoms with van der Waals surface area (Å²) in [6, 6.07) is 7.27. The zero-order valence-corrected chi connectivity index (χ0v) is 21.5. The Labute approximate surface area is 214 Å². The predicted octanol–water partition coefficient (Wildman–Crippen LogP) is 1.64. The summed E-state index contributed by atoms with van der Waals surface area (Å²) in [5.74, 6) is -2.30. The zero-order chi connectivity index (χ0) is 27.4. The molecule has 3 aromatic rings. The number of alkyl halides is 3. The zero-order valence-electron chi connectivity index (χ0n) is 19.8.